The lowest BCUT2D eigenvalue weighted by molar-refractivity contribution is 0.102. The minimum absolute atomic E-state index is 0.0708. The van der Waals surface area contributed by atoms with Crippen molar-refractivity contribution in [2.24, 2.45) is 0 Å². The van der Waals surface area contributed by atoms with Crippen molar-refractivity contribution in [2.75, 3.05) is 12.1 Å². The summed E-state index contributed by atoms with van der Waals surface area (Å²) in [6.07, 6.45) is 1.17. The Morgan fingerprint density at radius 1 is 1.11 bits per heavy atom. The number of fused-ring (bicyclic) bond motifs is 2. The van der Waals surface area contributed by atoms with Crippen molar-refractivity contribution in [1.29, 1.82) is 0 Å². The Labute approximate surface area is 162 Å². The number of carbonyl (C=O) groups excluding carboxylic acids is 1. The largest absolute Gasteiger partial charge is 0.463 e. The first-order valence-corrected chi connectivity index (χ1v) is 9.24. The highest BCUT2D eigenvalue weighted by atomic mass is 32.1. The Kier molecular flexibility index (Phi) is 3.84. The van der Waals surface area contributed by atoms with E-state index in [0.717, 1.165) is 5.56 Å². The number of nitrogens with one attached hydrogen (secondary N) is 1. The molecule has 0 saturated carbocycles. The number of para-hydroxylation sites is 1. The van der Waals surface area contributed by atoms with Crippen molar-refractivity contribution in [3.63, 3.8) is 0 Å². The Balaban J connectivity index is 1.41. The fraction of sp³-hybridized carbons (Fsp3) is 0.0500. The maximum absolute atomic E-state index is 12.5. The Hall–Kier alpha value is -3.65. The molecule has 0 atom stereocenters. The second-order valence-electron chi connectivity index (χ2n) is 6.03. The number of ether oxygens (including phenoxy) is 2. The van der Waals surface area contributed by atoms with Crippen LogP contribution in [-0.4, -0.2) is 17.7 Å². The summed E-state index contributed by atoms with van der Waals surface area (Å²) in [4.78, 5) is 29.5. The molecule has 0 fully saturated rings. The van der Waals surface area contributed by atoms with Crippen molar-refractivity contribution in [3.05, 3.63) is 69.9 Å². The van der Waals surface area contributed by atoms with Gasteiger partial charge >= 0.3 is 0 Å². The van der Waals surface area contributed by atoms with Gasteiger partial charge in [-0.15, -0.1) is 11.3 Å². The number of rotatable bonds is 3. The molecule has 7 nitrogen and oxygen atoms in total. The van der Waals surface area contributed by atoms with Crippen LogP contribution in [0.3, 0.4) is 0 Å². The lowest BCUT2D eigenvalue weighted by Gasteiger charge is -2.02. The van der Waals surface area contributed by atoms with E-state index in [2.05, 4.69) is 10.3 Å². The molecule has 1 amide bonds. The van der Waals surface area contributed by atoms with Gasteiger partial charge in [-0.3, -0.25) is 14.9 Å². The van der Waals surface area contributed by atoms with Gasteiger partial charge in [0.15, 0.2) is 16.6 Å². The third kappa shape index (κ3) is 2.80. The van der Waals surface area contributed by atoms with Gasteiger partial charge in [0.25, 0.3) is 5.91 Å². The molecule has 0 aliphatic carbocycles. The lowest BCUT2D eigenvalue weighted by atomic mass is 10.1. The molecule has 0 unspecified atom stereocenters. The fourth-order valence-corrected chi connectivity index (χ4v) is 3.63. The summed E-state index contributed by atoms with van der Waals surface area (Å²) in [6, 6.07) is 12.3. The summed E-state index contributed by atoms with van der Waals surface area (Å²) in [5.41, 5.74) is 1.50. The Morgan fingerprint density at radius 2 is 1.96 bits per heavy atom. The van der Waals surface area contributed by atoms with Gasteiger partial charge in [0.05, 0.1) is 11.1 Å². The van der Waals surface area contributed by atoms with E-state index in [0.29, 0.717) is 33.3 Å². The molecule has 0 radical (unpaired) electrons. The monoisotopic (exact) mass is 392 g/mol. The first-order chi connectivity index (χ1) is 13.7. The van der Waals surface area contributed by atoms with Crippen LogP contribution in [0.1, 0.15) is 10.4 Å². The first-order valence-electron chi connectivity index (χ1n) is 8.36. The SMILES string of the molecule is O=C(Nc1nc(-c2ccc3c(c2)OCO3)cs1)c1coc2ccccc2c1=O. The molecule has 2 aromatic heterocycles. The number of nitrogens with zero attached hydrogens (tertiary/aromatic N) is 1. The van der Waals surface area contributed by atoms with Crippen LogP contribution in [0, 0.1) is 0 Å². The van der Waals surface area contributed by atoms with Crippen molar-refractivity contribution < 1.29 is 18.7 Å². The van der Waals surface area contributed by atoms with Gasteiger partial charge in [0, 0.05) is 10.9 Å². The smallest absolute Gasteiger partial charge is 0.264 e. The van der Waals surface area contributed by atoms with E-state index in [-0.39, 0.29) is 17.8 Å². The summed E-state index contributed by atoms with van der Waals surface area (Å²) >= 11 is 1.26. The molecule has 8 heteroatoms. The van der Waals surface area contributed by atoms with E-state index in [1.54, 1.807) is 24.3 Å². The van der Waals surface area contributed by atoms with Crippen LogP contribution in [0.4, 0.5) is 5.13 Å². The molecule has 2 aromatic carbocycles. The van der Waals surface area contributed by atoms with Crippen LogP contribution in [0.25, 0.3) is 22.2 Å². The maximum atomic E-state index is 12.5. The number of carbonyl (C=O) groups is 1. The van der Waals surface area contributed by atoms with Gasteiger partial charge in [0.1, 0.15) is 17.4 Å². The van der Waals surface area contributed by atoms with Crippen LogP contribution in [0.2, 0.25) is 0 Å². The molecule has 1 aliphatic heterocycles. The normalized spacial score (nSPS) is 12.3. The highest BCUT2D eigenvalue weighted by Crippen LogP contribution is 2.36. The topological polar surface area (TPSA) is 90.7 Å². The van der Waals surface area contributed by atoms with Gasteiger partial charge in [-0.2, -0.15) is 0 Å². The van der Waals surface area contributed by atoms with Gasteiger partial charge in [-0.1, -0.05) is 12.1 Å². The third-order valence-corrected chi connectivity index (χ3v) is 5.08. The fourth-order valence-electron chi connectivity index (χ4n) is 2.92. The number of hydrogen-bond acceptors (Lipinski definition) is 7. The van der Waals surface area contributed by atoms with E-state index >= 15 is 0 Å². The van der Waals surface area contributed by atoms with E-state index in [4.69, 9.17) is 13.9 Å². The van der Waals surface area contributed by atoms with Crippen LogP contribution >= 0.6 is 11.3 Å². The van der Waals surface area contributed by atoms with Crippen molar-refractivity contribution in [1.82, 2.24) is 4.98 Å². The van der Waals surface area contributed by atoms with E-state index in [9.17, 15) is 9.59 Å². The van der Waals surface area contributed by atoms with Crippen molar-refractivity contribution in [2.45, 2.75) is 0 Å². The second-order valence-corrected chi connectivity index (χ2v) is 6.89. The summed E-state index contributed by atoms with van der Waals surface area (Å²) in [5, 5.41) is 5.21. The average molecular weight is 392 g/mol. The average Bonchev–Trinajstić information content (AvgIpc) is 3.37. The van der Waals surface area contributed by atoms with Crippen LogP contribution < -0.4 is 20.2 Å². The zero-order chi connectivity index (χ0) is 19.1. The Bertz CT molecular complexity index is 1280. The number of hydrogen-bond donors (Lipinski definition) is 1. The molecule has 4 aromatic rings. The number of benzene rings is 2. The predicted molar refractivity (Wildman–Crippen MR) is 104 cm³/mol. The molecular weight excluding hydrogens is 380 g/mol. The lowest BCUT2D eigenvalue weighted by Crippen LogP contribution is -2.21. The molecule has 1 aliphatic rings. The van der Waals surface area contributed by atoms with E-state index < -0.39 is 5.91 Å². The summed E-state index contributed by atoms with van der Waals surface area (Å²) in [6.45, 7) is 0.200. The highest BCUT2D eigenvalue weighted by molar-refractivity contribution is 7.14. The van der Waals surface area contributed by atoms with Gasteiger partial charge in [-0.05, 0) is 30.3 Å². The van der Waals surface area contributed by atoms with E-state index in [1.165, 1.54) is 17.6 Å². The van der Waals surface area contributed by atoms with Gasteiger partial charge in [-0.25, -0.2) is 4.98 Å². The molecule has 0 bridgehead atoms. The molecule has 5 rings (SSSR count). The van der Waals surface area contributed by atoms with Crippen LogP contribution in [0.15, 0.2) is 63.3 Å². The van der Waals surface area contributed by atoms with Crippen LogP contribution in [-0.2, 0) is 0 Å². The van der Waals surface area contributed by atoms with Crippen molar-refractivity contribution in [3.8, 4) is 22.8 Å². The molecular formula is C20H12N2O5S. The van der Waals surface area contributed by atoms with Crippen molar-refractivity contribution >= 4 is 33.3 Å². The molecule has 3 heterocycles. The highest BCUT2D eigenvalue weighted by Gasteiger charge is 2.18. The minimum Gasteiger partial charge on any atom is -0.463 e. The number of amides is 1. The minimum atomic E-state index is -0.564. The molecule has 1 N–H and O–H groups in total. The first kappa shape index (κ1) is 16.5. The predicted octanol–water partition coefficient (Wildman–Crippen LogP) is 3.90. The zero-order valence-corrected chi connectivity index (χ0v) is 15.1. The van der Waals surface area contributed by atoms with Gasteiger partial charge in [0.2, 0.25) is 12.2 Å². The summed E-state index contributed by atoms with van der Waals surface area (Å²) in [5.74, 6) is 0.784. The number of thiazole rings is 1. The summed E-state index contributed by atoms with van der Waals surface area (Å²) < 4.78 is 16.1. The second kappa shape index (κ2) is 6.50. The standard InChI is InChI=1S/C20H12N2O5S/c23-18-12-3-1-2-4-15(12)25-8-13(18)19(24)22-20-21-14(9-28-20)11-5-6-16-17(7-11)27-10-26-16/h1-9H,10H2,(H,21,22,24). The van der Waals surface area contributed by atoms with Gasteiger partial charge < -0.3 is 13.9 Å². The Morgan fingerprint density at radius 3 is 2.89 bits per heavy atom. The molecule has 138 valence electrons. The third-order valence-electron chi connectivity index (χ3n) is 4.32. The molecule has 0 saturated heterocycles. The number of anilines is 1. The van der Waals surface area contributed by atoms with Crippen LogP contribution in [0.5, 0.6) is 11.5 Å². The quantitative estimate of drug-likeness (QED) is 0.569. The maximum Gasteiger partial charge on any atom is 0.264 e. The zero-order valence-electron chi connectivity index (χ0n) is 14.3. The molecule has 28 heavy (non-hydrogen) atoms. The van der Waals surface area contributed by atoms with E-state index in [1.807, 2.05) is 23.6 Å². The molecule has 0 spiro atoms. The number of aromatic nitrogens is 1. The summed E-state index contributed by atoms with van der Waals surface area (Å²) in [7, 11) is 0.